The number of hydrogen-bond donors (Lipinski definition) is 1. The molecule has 0 aliphatic heterocycles. The number of hydrogen-bond acceptors (Lipinski definition) is 3. The lowest BCUT2D eigenvalue weighted by Crippen LogP contribution is -2.50. The summed E-state index contributed by atoms with van der Waals surface area (Å²) < 4.78 is 5.67. The van der Waals surface area contributed by atoms with Gasteiger partial charge in [-0.1, -0.05) is 60.8 Å². The van der Waals surface area contributed by atoms with Crippen molar-refractivity contribution in [3.8, 4) is 5.75 Å². The third-order valence-electron chi connectivity index (χ3n) is 4.71. The number of carbonyl (C=O) groups excluding carboxylic acids is 2. The van der Waals surface area contributed by atoms with Crippen LogP contribution in [0.1, 0.15) is 37.8 Å². The van der Waals surface area contributed by atoms with Gasteiger partial charge in [-0.05, 0) is 44.0 Å². The number of benzene rings is 2. The van der Waals surface area contributed by atoms with Crippen molar-refractivity contribution in [2.75, 3.05) is 13.2 Å². The predicted molar refractivity (Wildman–Crippen MR) is 121 cm³/mol. The molecule has 0 aliphatic carbocycles. The van der Waals surface area contributed by atoms with Crippen molar-refractivity contribution in [3.05, 3.63) is 63.6 Å². The Morgan fingerprint density at radius 3 is 2.27 bits per heavy atom. The van der Waals surface area contributed by atoms with Crippen molar-refractivity contribution in [2.24, 2.45) is 0 Å². The largest absolute Gasteiger partial charge is 0.484 e. The van der Waals surface area contributed by atoms with Gasteiger partial charge in [0.05, 0.1) is 0 Å². The van der Waals surface area contributed by atoms with Gasteiger partial charge in [-0.15, -0.1) is 0 Å². The first kappa shape index (κ1) is 24.0. The summed E-state index contributed by atoms with van der Waals surface area (Å²) in [5.74, 6) is 0.0735. The average Bonchev–Trinajstić information content (AvgIpc) is 2.73. The first-order valence-electron chi connectivity index (χ1n) is 10.1. The standard InChI is InChI=1S/C23H28Cl2N2O3/c1-4-13-26-23(29)21(5-2)27(14-18-19(24)7-6-8-20(18)25)22(28)15-30-17-11-9-16(3)10-12-17/h6-12,21H,4-5,13-15H2,1-3H3,(H,26,29)/t21-/m1/s1. The fraction of sp³-hybridized carbons (Fsp3) is 0.391. The van der Waals surface area contributed by atoms with E-state index in [1.807, 2.05) is 45.0 Å². The Balaban J connectivity index is 2.25. The SMILES string of the molecule is CCCNC(=O)[C@@H](CC)N(Cc1c(Cl)cccc1Cl)C(=O)COc1ccc(C)cc1. The first-order valence-corrected chi connectivity index (χ1v) is 10.8. The predicted octanol–water partition coefficient (Wildman–Crippen LogP) is 5.01. The minimum Gasteiger partial charge on any atom is -0.484 e. The third-order valence-corrected chi connectivity index (χ3v) is 5.42. The molecule has 0 bridgehead atoms. The van der Waals surface area contributed by atoms with Crippen LogP contribution in [0.25, 0.3) is 0 Å². The van der Waals surface area contributed by atoms with E-state index in [0.29, 0.717) is 34.3 Å². The van der Waals surface area contributed by atoms with Crippen molar-refractivity contribution in [3.63, 3.8) is 0 Å². The van der Waals surface area contributed by atoms with E-state index in [2.05, 4.69) is 5.32 Å². The number of rotatable bonds is 10. The van der Waals surface area contributed by atoms with Gasteiger partial charge in [-0.25, -0.2) is 0 Å². The molecular formula is C23H28Cl2N2O3. The molecule has 5 nitrogen and oxygen atoms in total. The van der Waals surface area contributed by atoms with Crippen LogP contribution in [0.3, 0.4) is 0 Å². The molecule has 0 fully saturated rings. The molecule has 0 saturated heterocycles. The van der Waals surface area contributed by atoms with Gasteiger partial charge in [-0.3, -0.25) is 9.59 Å². The van der Waals surface area contributed by atoms with Crippen molar-refractivity contribution in [1.29, 1.82) is 0 Å². The Kier molecular flexibility index (Phi) is 9.47. The second-order valence-corrected chi connectivity index (χ2v) is 7.85. The highest BCUT2D eigenvalue weighted by Crippen LogP contribution is 2.27. The van der Waals surface area contributed by atoms with E-state index in [4.69, 9.17) is 27.9 Å². The molecule has 0 spiro atoms. The highest BCUT2D eigenvalue weighted by Gasteiger charge is 2.29. The first-order chi connectivity index (χ1) is 14.4. The van der Waals surface area contributed by atoms with Crippen LogP contribution in [-0.2, 0) is 16.1 Å². The average molecular weight is 451 g/mol. The lowest BCUT2D eigenvalue weighted by Gasteiger charge is -2.31. The van der Waals surface area contributed by atoms with Gasteiger partial charge in [0.15, 0.2) is 6.61 Å². The van der Waals surface area contributed by atoms with Crippen LogP contribution in [0.2, 0.25) is 10.0 Å². The van der Waals surface area contributed by atoms with E-state index in [1.165, 1.54) is 4.90 Å². The van der Waals surface area contributed by atoms with Gasteiger partial charge in [-0.2, -0.15) is 0 Å². The zero-order valence-corrected chi connectivity index (χ0v) is 19.1. The number of carbonyl (C=O) groups is 2. The Hall–Kier alpha value is -2.24. The molecule has 0 aromatic heterocycles. The van der Waals surface area contributed by atoms with Crippen LogP contribution >= 0.6 is 23.2 Å². The Labute approximate surface area is 188 Å². The van der Waals surface area contributed by atoms with E-state index in [1.54, 1.807) is 18.2 Å². The number of nitrogens with one attached hydrogen (secondary N) is 1. The summed E-state index contributed by atoms with van der Waals surface area (Å²) in [6, 6.07) is 12.0. The molecule has 2 aromatic carbocycles. The number of halogens is 2. The molecule has 0 saturated carbocycles. The Bertz CT molecular complexity index is 836. The molecule has 2 amide bonds. The minimum atomic E-state index is -0.655. The van der Waals surface area contributed by atoms with Crippen LogP contribution in [-0.4, -0.2) is 35.9 Å². The number of nitrogens with zero attached hydrogens (tertiary/aromatic N) is 1. The summed E-state index contributed by atoms with van der Waals surface area (Å²) in [6.07, 6.45) is 1.26. The molecule has 2 rings (SSSR count). The molecule has 0 aliphatic rings. The molecule has 0 unspecified atom stereocenters. The van der Waals surface area contributed by atoms with E-state index in [-0.39, 0.29) is 25.0 Å². The topological polar surface area (TPSA) is 58.6 Å². The fourth-order valence-corrected chi connectivity index (χ4v) is 3.52. The number of aryl methyl sites for hydroxylation is 1. The van der Waals surface area contributed by atoms with Crippen LogP contribution in [0, 0.1) is 6.92 Å². The normalized spacial score (nSPS) is 11.6. The zero-order valence-electron chi connectivity index (χ0n) is 17.6. The fourth-order valence-electron chi connectivity index (χ4n) is 3.00. The van der Waals surface area contributed by atoms with Crippen molar-refractivity contribution in [2.45, 2.75) is 46.2 Å². The van der Waals surface area contributed by atoms with Gasteiger partial charge in [0.1, 0.15) is 11.8 Å². The monoisotopic (exact) mass is 450 g/mol. The second-order valence-electron chi connectivity index (χ2n) is 7.04. The highest BCUT2D eigenvalue weighted by atomic mass is 35.5. The molecule has 1 N–H and O–H groups in total. The van der Waals surface area contributed by atoms with Crippen LogP contribution < -0.4 is 10.1 Å². The number of ether oxygens (including phenoxy) is 1. The zero-order chi connectivity index (χ0) is 22.1. The van der Waals surface area contributed by atoms with Crippen LogP contribution in [0.5, 0.6) is 5.75 Å². The van der Waals surface area contributed by atoms with Gasteiger partial charge in [0.25, 0.3) is 5.91 Å². The second kappa shape index (κ2) is 11.8. The Morgan fingerprint density at radius 2 is 1.70 bits per heavy atom. The maximum absolute atomic E-state index is 13.1. The molecule has 0 heterocycles. The molecule has 0 radical (unpaired) electrons. The van der Waals surface area contributed by atoms with E-state index in [0.717, 1.165) is 12.0 Å². The summed E-state index contributed by atoms with van der Waals surface area (Å²) in [4.78, 5) is 27.4. The van der Waals surface area contributed by atoms with Gasteiger partial charge >= 0.3 is 0 Å². The third kappa shape index (κ3) is 6.64. The van der Waals surface area contributed by atoms with Crippen LogP contribution in [0.15, 0.2) is 42.5 Å². The Morgan fingerprint density at radius 1 is 1.07 bits per heavy atom. The smallest absolute Gasteiger partial charge is 0.261 e. The lowest BCUT2D eigenvalue weighted by molar-refractivity contribution is -0.143. The molecule has 2 aromatic rings. The molecule has 162 valence electrons. The van der Waals surface area contributed by atoms with E-state index >= 15 is 0 Å². The molecule has 1 atom stereocenters. The minimum absolute atomic E-state index is 0.118. The maximum atomic E-state index is 13.1. The summed E-state index contributed by atoms with van der Waals surface area (Å²) in [7, 11) is 0. The van der Waals surface area contributed by atoms with Crippen molar-refractivity contribution >= 4 is 35.0 Å². The van der Waals surface area contributed by atoms with Gasteiger partial charge in [0, 0.05) is 28.7 Å². The maximum Gasteiger partial charge on any atom is 0.261 e. The quantitative estimate of drug-likeness (QED) is 0.552. The number of amides is 2. The molecule has 30 heavy (non-hydrogen) atoms. The summed E-state index contributed by atoms with van der Waals surface area (Å²) in [6.45, 7) is 6.29. The van der Waals surface area contributed by atoms with Gasteiger partial charge < -0.3 is 15.0 Å². The molecule has 7 heteroatoms. The van der Waals surface area contributed by atoms with Gasteiger partial charge in [0.2, 0.25) is 5.91 Å². The van der Waals surface area contributed by atoms with E-state index in [9.17, 15) is 9.59 Å². The summed E-state index contributed by atoms with van der Waals surface area (Å²) in [5, 5.41) is 3.77. The van der Waals surface area contributed by atoms with Crippen LogP contribution in [0.4, 0.5) is 0 Å². The summed E-state index contributed by atoms with van der Waals surface area (Å²) in [5.41, 5.74) is 1.70. The van der Waals surface area contributed by atoms with E-state index < -0.39 is 6.04 Å². The molecular weight excluding hydrogens is 423 g/mol. The van der Waals surface area contributed by atoms with Crippen molar-refractivity contribution < 1.29 is 14.3 Å². The highest BCUT2D eigenvalue weighted by molar-refractivity contribution is 6.36. The van der Waals surface area contributed by atoms with Crippen molar-refractivity contribution in [1.82, 2.24) is 10.2 Å². The summed E-state index contributed by atoms with van der Waals surface area (Å²) >= 11 is 12.6. The lowest BCUT2D eigenvalue weighted by atomic mass is 10.1.